The molecular formula is C11H24N2O2S. The van der Waals surface area contributed by atoms with Crippen LogP contribution in [0, 0.1) is 0 Å². The third-order valence-corrected chi connectivity index (χ3v) is 3.13. The van der Waals surface area contributed by atoms with Crippen molar-refractivity contribution < 1.29 is 9.53 Å². The summed E-state index contributed by atoms with van der Waals surface area (Å²) in [5.41, 5.74) is 5.68. The number of nitrogens with two attached hydrogens (primary N) is 1. The van der Waals surface area contributed by atoms with Crippen molar-refractivity contribution in [3.05, 3.63) is 0 Å². The van der Waals surface area contributed by atoms with E-state index in [1.54, 1.807) is 11.8 Å². The highest BCUT2D eigenvalue weighted by Gasteiger charge is 2.14. The van der Waals surface area contributed by atoms with Crippen molar-refractivity contribution in [2.24, 2.45) is 5.73 Å². The van der Waals surface area contributed by atoms with Gasteiger partial charge < -0.3 is 15.4 Å². The normalized spacial score (nSPS) is 12.8. The van der Waals surface area contributed by atoms with Crippen LogP contribution in [-0.4, -0.2) is 55.2 Å². The summed E-state index contributed by atoms with van der Waals surface area (Å²) in [5.74, 6) is 0.618. The minimum atomic E-state index is -0.468. The molecule has 0 aromatic heterocycles. The molecule has 0 amide bonds. The van der Waals surface area contributed by atoms with E-state index < -0.39 is 6.04 Å². The second-order valence-corrected chi connectivity index (χ2v) is 4.57. The Morgan fingerprint density at radius 1 is 1.44 bits per heavy atom. The number of nitrogens with zero attached hydrogens (tertiary/aromatic N) is 1. The van der Waals surface area contributed by atoms with Crippen LogP contribution in [0.4, 0.5) is 0 Å². The van der Waals surface area contributed by atoms with E-state index in [0.717, 1.165) is 25.4 Å². The van der Waals surface area contributed by atoms with Gasteiger partial charge in [0.15, 0.2) is 0 Å². The zero-order chi connectivity index (χ0) is 12.4. The molecule has 0 saturated heterocycles. The van der Waals surface area contributed by atoms with Gasteiger partial charge in [0.1, 0.15) is 12.6 Å². The van der Waals surface area contributed by atoms with Gasteiger partial charge >= 0.3 is 5.97 Å². The molecule has 0 radical (unpaired) electrons. The van der Waals surface area contributed by atoms with E-state index in [1.807, 2.05) is 6.26 Å². The Labute approximate surface area is 103 Å². The molecule has 16 heavy (non-hydrogen) atoms. The quantitative estimate of drug-likeness (QED) is 0.616. The van der Waals surface area contributed by atoms with Crippen LogP contribution >= 0.6 is 11.8 Å². The van der Waals surface area contributed by atoms with Gasteiger partial charge in [0, 0.05) is 6.54 Å². The lowest BCUT2D eigenvalue weighted by atomic mass is 10.2. The smallest absolute Gasteiger partial charge is 0.322 e. The monoisotopic (exact) mass is 248 g/mol. The fourth-order valence-electron chi connectivity index (χ4n) is 1.28. The number of carbonyl (C=O) groups is 1. The van der Waals surface area contributed by atoms with Gasteiger partial charge in [-0.3, -0.25) is 4.79 Å². The zero-order valence-electron chi connectivity index (χ0n) is 10.6. The highest BCUT2D eigenvalue weighted by Crippen LogP contribution is 2.00. The van der Waals surface area contributed by atoms with Crippen LogP contribution in [-0.2, 0) is 9.53 Å². The lowest BCUT2D eigenvalue weighted by molar-refractivity contribution is -0.145. The molecule has 0 aliphatic carbocycles. The van der Waals surface area contributed by atoms with E-state index in [4.69, 9.17) is 10.5 Å². The Hall–Kier alpha value is -0.260. The summed E-state index contributed by atoms with van der Waals surface area (Å²) in [7, 11) is 0. The number of ether oxygens (including phenoxy) is 1. The van der Waals surface area contributed by atoms with Gasteiger partial charge in [-0.2, -0.15) is 11.8 Å². The first-order valence-electron chi connectivity index (χ1n) is 5.79. The topological polar surface area (TPSA) is 55.6 Å². The van der Waals surface area contributed by atoms with Crippen LogP contribution in [0.3, 0.4) is 0 Å². The molecule has 0 aromatic rings. The minimum absolute atomic E-state index is 0.277. The Morgan fingerprint density at radius 3 is 2.56 bits per heavy atom. The van der Waals surface area contributed by atoms with E-state index in [1.165, 1.54) is 0 Å². The summed E-state index contributed by atoms with van der Waals surface area (Å²) in [6, 6.07) is -0.468. The van der Waals surface area contributed by atoms with E-state index in [9.17, 15) is 4.79 Å². The second-order valence-electron chi connectivity index (χ2n) is 3.58. The molecule has 2 N–H and O–H groups in total. The molecule has 1 atom stereocenters. The van der Waals surface area contributed by atoms with Crippen molar-refractivity contribution in [3.63, 3.8) is 0 Å². The van der Waals surface area contributed by atoms with Crippen molar-refractivity contribution in [2.75, 3.05) is 38.2 Å². The van der Waals surface area contributed by atoms with Gasteiger partial charge in [-0.15, -0.1) is 0 Å². The maximum atomic E-state index is 11.4. The van der Waals surface area contributed by atoms with Gasteiger partial charge in [0.05, 0.1) is 0 Å². The summed E-state index contributed by atoms with van der Waals surface area (Å²) < 4.78 is 5.12. The molecule has 0 saturated carbocycles. The van der Waals surface area contributed by atoms with Crippen LogP contribution in [0.25, 0.3) is 0 Å². The number of carbonyl (C=O) groups excluding carboxylic acids is 1. The molecule has 0 heterocycles. The molecule has 4 nitrogen and oxygen atoms in total. The molecule has 5 heteroatoms. The van der Waals surface area contributed by atoms with Crippen LogP contribution in [0.1, 0.15) is 20.3 Å². The first kappa shape index (κ1) is 15.7. The van der Waals surface area contributed by atoms with Crippen molar-refractivity contribution in [1.82, 2.24) is 4.90 Å². The molecule has 0 spiro atoms. The summed E-state index contributed by atoms with van der Waals surface area (Å²) >= 11 is 1.69. The first-order valence-corrected chi connectivity index (χ1v) is 7.18. The molecule has 96 valence electrons. The molecular weight excluding hydrogens is 224 g/mol. The fraction of sp³-hybridized carbons (Fsp3) is 0.909. The second kappa shape index (κ2) is 9.93. The number of rotatable bonds is 9. The number of hydrogen-bond acceptors (Lipinski definition) is 5. The van der Waals surface area contributed by atoms with E-state index in [2.05, 4.69) is 18.7 Å². The molecule has 0 unspecified atom stereocenters. The van der Waals surface area contributed by atoms with Gasteiger partial charge in [-0.05, 0) is 31.5 Å². The van der Waals surface area contributed by atoms with Crippen molar-refractivity contribution in [1.29, 1.82) is 0 Å². The Kier molecular flexibility index (Phi) is 9.77. The van der Waals surface area contributed by atoms with Gasteiger partial charge in [-0.1, -0.05) is 13.8 Å². The average molecular weight is 248 g/mol. The third kappa shape index (κ3) is 7.09. The van der Waals surface area contributed by atoms with Crippen LogP contribution < -0.4 is 5.73 Å². The summed E-state index contributed by atoms with van der Waals surface area (Å²) in [6.07, 6.45) is 2.68. The number of esters is 1. The molecule has 0 aromatic carbocycles. The predicted octanol–water partition coefficient (Wildman–Crippen LogP) is 0.952. The molecule has 0 rings (SSSR count). The van der Waals surface area contributed by atoms with Crippen LogP contribution in [0.5, 0.6) is 0 Å². The summed E-state index contributed by atoms with van der Waals surface area (Å²) in [6.45, 7) is 7.37. The Balaban J connectivity index is 3.63. The summed E-state index contributed by atoms with van der Waals surface area (Å²) in [5, 5.41) is 0. The zero-order valence-corrected chi connectivity index (χ0v) is 11.4. The van der Waals surface area contributed by atoms with Crippen molar-refractivity contribution in [3.8, 4) is 0 Å². The van der Waals surface area contributed by atoms with E-state index >= 15 is 0 Å². The standard InChI is InChI=1S/C11H24N2O2S/c1-4-13(5-2)7-8-15-11(14)10(12)6-9-16-3/h10H,4-9,12H2,1-3H3/t10-/m0/s1. The Morgan fingerprint density at radius 2 is 2.06 bits per heavy atom. The van der Waals surface area contributed by atoms with E-state index in [-0.39, 0.29) is 5.97 Å². The molecule has 0 aliphatic rings. The molecule has 0 bridgehead atoms. The maximum absolute atomic E-state index is 11.4. The molecule has 0 fully saturated rings. The van der Waals surface area contributed by atoms with Crippen LogP contribution in [0.2, 0.25) is 0 Å². The largest absolute Gasteiger partial charge is 0.463 e. The highest BCUT2D eigenvalue weighted by atomic mass is 32.2. The van der Waals surface area contributed by atoms with Gasteiger partial charge in [-0.25, -0.2) is 0 Å². The van der Waals surface area contributed by atoms with E-state index in [0.29, 0.717) is 13.0 Å². The SMILES string of the molecule is CCN(CC)CCOC(=O)[C@@H](N)CCSC. The molecule has 0 aliphatic heterocycles. The lowest BCUT2D eigenvalue weighted by Gasteiger charge is -2.18. The maximum Gasteiger partial charge on any atom is 0.322 e. The number of thioether (sulfide) groups is 1. The Bertz CT molecular complexity index is 187. The van der Waals surface area contributed by atoms with Gasteiger partial charge in [0.25, 0.3) is 0 Å². The van der Waals surface area contributed by atoms with Gasteiger partial charge in [0.2, 0.25) is 0 Å². The third-order valence-electron chi connectivity index (χ3n) is 2.48. The first-order chi connectivity index (χ1) is 7.65. The fourth-order valence-corrected chi connectivity index (χ4v) is 1.77. The van der Waals surface area contributed by atoms with Crippen molar-refractivity contribution in [2.45, 2.75) is 26.3 Å². The average Bonchev–Trinajstić information content (AvgIpc) is 2.31. The number of likely N-dealkylation sites (N-methyl/N-ethyl adjacent to an activating group) is 1. The van der Waals surface area contributed by atoms with Crippen molar-refractivity contribution >= 4 is 17.7 Å². The number of hydrogen-bond donors (Lipinski definition) is 1. The van der Waals surface area contributed by atoms with Crippen LogP contribution in [0.15, 0.2) is 0 Å². The minimum Gasteiger partial charge on any atom is -0.463 e. The highest BCUT2D eigenvalue weighted by molar-refractivity contribution is 7.98. The lowest BCUT2D eigenvalue weighted by Crippen LogP contribution is -2.35. The summed E-state index contributed by atoms with van der Waals surface area (Å²) in [4.78, 5) is 13.6. The predicted molar refractivity (Wildman–Crippen MR) is 69.7 cm³/mol.